The maximum Gasteiger partial charge on any atom is 0.159 e. The molecule has 2 rings (SSSR count). The van der Waals surface area contributed by atoms with Gasteiger partial charge in [0.15, 0.2) is 5.65 Å². The number of aromatic nitrogens is 3. The molecule has 0 aliphatic carbocycles. The highest BCUT2D eigenvalue weighted by Crippen LogP contribution is 2.11. The third-order valence-electron chi connectivity index (χ3n) is 2.09. The topological polar surface area (TPSA) is 56.7 Å². The summed E-state index contributed by atoms with van der Waals surface area (Å²) in [5.41, 5.74) is 7.34. The Labute approximate surface area is 76.4 Å². The molecule has 0 saturated carbocycles. The zero-order valence-electron chi connectivity index (χ0n) is 7.57. The molecule has 0 aromatic carbocycles. The quantitative estimate of drug-likeness (QED) is 0.723. The number of imidazole rings is 1. The molecule has 2 N–H and O–H groups in total. The Balaban J connectivity index is 2.60. The van der Waals surface area contributed by atoms with Crippen molar-refractivity contribution in [3.63, 3.8) is 0 Å². The highest BCUT2D eigenvalue weighted by molar-refractivity contribution is 5.70. The standard InChI is InChI=1S/C9H12N4/c1-13-8(4-5-10)12-7-3-2-6-11-9(7)13/h2-3,6H,4-5,10H2,1H3. The van der Waals surface area contributed by atoms with Crippen LogP contribution < -0.4 is 5.73 Å². The second-order valence-corrected chi connectivity index (χ2v) is 2.97. The van der Waals surface area contributed by atoms with E-state index < -0.39 is 0 Å². The van der Waals surface area contributed by atoms with Crippen LogP contribution in [0.5, 0.6) is 0 Å². The molecule has 4 nitrogen and oxygen atoms in total. The van der Waals surface area contributed by atoms with Crippen LogP contribution in [0.1, 0.15) is 5.82 Å². The summed E-state index contributed by atoms with van der Waals surface area (Å²) in [6.45, 7) is 0.622. The van der Waals surface area contributed by atoms with Gasteiger partial charge in [0.2, 0.25) is 0 Å². The molecule has 0 radical (unpaired) electrons. The minimum atomic E-state index is 0.622. The fourth-order valence-corrected chi connectivity index (χ4v) is 1.42. The van der Waals surface area contributed by atoms with E-state index in [1.54, 1.807) is 6.20 Å². The number of hydrogen-bond donors (Lipinski definition) is 1. The minimum Gasteiger partial charge on any atom is -0.330 e. The zero-order chi connectivity index (χ0) is 9.26. The monoisotopic (exact) mass is 176 g/mol. The Kier molecular flexibility index (Phi) is 1.98. The summed E-state index contributed by atoms with van der Waals surface area (Å²) in [6, 6.07) is 3.85. The summed E-state index contributed by atoms with van der Waals surface area (Å²) in [5.74, 6) is 0.996. The fourth-order valence-electron chi connectivity index (χ4n) is 1.42. The number of nitrogens with zero attached hydrogens (tertiary/aromatic N) is 3. The van der Waals surface area contributed by atoms with Crippen molar-refractivity contribution in [1.82, 2.24) is 14.5 Å². The molecule has 0 aliphatic heterocycles. The van der Waals surface area contributed by atoms with Crippen LogP contribution in [0, 0.1) is 0 Å². The van der Waals surface area contributed by atoms with Gasteiger partial charge in [-0.25, -0.2) is 9.97 Å². The molecule has 0 atom stereocenters. The second kappa shape index (κ2) is 3.14. The number of nitrogens with two attached hydrogens (primary N) is 1. The lowest BCUT2D eigenvalue weighted by atomic mass is 10.4. The molecule has 2 heterocycles. The first-order valence-corrected chi connectivity index (χ1v) is 4.29. The number of rotatable bonds is 2. The molecule has 68 valence electrons. The molecule has 2 aromatic heterocycles. The highest BCUT2D eigenvalue weighted by Gasteiger charge is 2.05. The van der Waals surface area contributed by atoms with E-state index >= 15 is 0 Å². The highest BCUT2D eigenvalue weighted by atomic mass is 15.1. The number of hydrogen-bond acceptors (Lipinski definition) is 3. The first kappa shape index (κ1) is 8.19. The number of fused-ring (bicyclic) bond motifs is 1. The minimum absolute atomic E-state index is 0.622. The molecule has 0 saturated heterocycles. The molecule has 0 spiro atoms. The van der Waals surface area contributed by atoms with Crippen molar-refractivity contribution < 1.29 is 0 Å². The molecule has 0 amide bonds. The van der Waals surface area contributed by atoms with Gasteiger partial charge in [0.05, 0.1) is 0 Å². The molecule has 0 bridgehead atoms. The summed E-state index contributed by atoms with van der Waals surface area (Å²) in [4.78, 5) is 8.67. The predicted octanol–water partition coefficient (Wildman–Crippen LogP) is 0.469. The van der Waals surface area contributed by atoms with Crippen molar-refractivity contribution in [3.8, 4) is 0 Å². The maximum absolute atomic E-state index is 5.48. The van der Waals surface area contributed by atoms with Crippen molar-refractivity contribution in [3.05, 3.63) is 24.2 Å². The summed E-state index contributed by atoms with van der Waals surface area (Å²) in [6.07, 6.45) is 2.57. The molecule has 13 heavy (non-hydrogen) atoms. The van der Waals surface area contributed by atoms with Gasteiger partial charge < -0.3 is 10.3 Å². The second-order valence-electron chi connectivity index (χ2n) is 2.97. The summed E-state index contributed by atoms with van der Waals surface area (Å²) >= 11 is 0. The van der Waals surface area contributed by atoms with Crippen molar-refractivity contribution >= 4 is 11.2 Å². The van der Waals surface area contributed by atoms with Crippen LogP contribution in [0.15, 0.2) is 18.3 Å². The van der Waals surface area contributed by atoms with Crippen molar-refractivity contribution in [2.45, 2.75) is 6.42 Å². The molecular formula is C9H12N4. The van der Waals surface area contributed by atoms with Crippen LogP contribution >= 0.6 is 0 Å². The van der Waals surface area contributed by atoms with Gasteiger partial charge >= 0.3 is 0 Å². The van der Waals surface area contributed by atoms with E-state index in [1.165, 1.54) is 0 Å². The molecular weight excluding hydrogens is 164 g/mol. The Hall–Kier alpha value is -1.42. The van der Waals surface area contributed by atoms with Crippen molar-refractivity contribution in [2.24, 2.45) is 12.8 Å². The van der Waals surface area contributed by atoms with E-state index in [9.17, 15) is 0 Å². The normalized spacial score (nSPS) is 10.9. The molecule has 0 unspecified atom stereocenters. The van der Waals surface area contributed by atoms with Gasteiger partial charge in [-0.3, -0.25) is 0 Å². The zero-order valence-corrected chi connectivity index (χ0v) is 7.57. The molecule has 0 aliphatic rings. The first-order chi connectivity index (χ1) is 6.33. The maximum atomic E-state index is 5.48. The average Bonchev–Trinajstić information content (AvgIpc) is 2.46. The molecule has 4 heteroatoms. The third-order valence-corrected chi connectivity index (χ3v) is 2.09. The number of aryl methyl sites for hydroxylation is 1. The predicted molar refractivity (Wildman–Crippen MR) is 51.3 cm³/mol. The Morgan fingerprint density at radius 2 is 2.38 bits per heavy atom. The summed E-state index contributed by atoms with van der Waals surface area (Å²) in [7, 11) is 1.97. The van der Waals surface area contributed by atoms with Gasteiger partial charge in [0, 0.05) is 19.7 Å². The third kappa shape index (κ3) is 1.29. The van der Waals surface area contributed by atoms with E-state index in [2.05, 4.69) is 9.97 Å². The van der Waals surface area contributed by atoms with E-state index in [-0.39, 0.29) is 0 Å². The van der Waals surface area contributed by atoms with Gasteiger partial charge in [0.1, 0.15) is 11.3 Å². The van der Waals surface area contributed by atoms with Crippen LogP contribution in [0.3, 0.4) is 0 Å². The Morgan fingerprint density at radius 3 is 3.08 bits per heavy atom. The SMILES string of the molecule is Cn1c(CCN)nc2cccnc21. The lowest BCUT2D eigenvalue weighted by Crippen LogP contribution is -2.07. The van der Waals surface area contributed by atoms with Crippen LogP contribution in [0.2, 0.25) is 0 Å². The molecule has 0 fully saturated rings. The lowest BCUT2D eigenvalue weighted by molar-refractivity contribution is 0.788. The summed E-state index contributed by atoms with van der Waals surface area (Å²) in [5, 5.41) is 0. The van der Waals surface area contributed by atoms with Gasteiger partial charge in [0.25, 0.3) is 0 Å². The van der Waals surface area contributed by atoms with Crippen LogP contribution in [-0.4, -0.2) is 21.1 Å². The lowest BCUT2D eigenvalue weighted by Gasteiger charge is -1.97. The van der Waals surface area contributed by atoms with Gasteiger partial charge in [-0.1, -0.05) is 0 Å². The largest absolute Gasteiger partial charge is 0.330 e. The average molecular weight is 176 g/mol. The van der Waals surface area contributed by atoms with Crippen molar-refractivity contribution in [1.29, 1.82) is 0 Å². The smallest absolute Gasteiger partial charge is 0.159 e. The van der Waals surface area contributed by atoms with Gasteiger partial charge in [-0.15, -0.1) is 0 Å². The van der Waals surface area contributed by atoms with Crippen LogP contribution in [-0.2, 0) is 13.5 Å². The van der Waals surface area contributed by atoms with E-state index in [4.69, 9.17) is 5.73 Å². The van der Waals surface area contributed by atoms with Crippen molar-refractivity contribution in [2.75, 3.05) is 6.54 Å². The number of pyridine rings is 1. The Bertz CT molecular complexity index is 418. The summed E-state index contributed by atoms with van der Waals surface area (Å²) < 4.78 is 1.99. The van der Waals surface area contributed by atoms with Crippen LogP contribution in [0.4, 0.5) is 0 Å². The van der Waals surface area contributed by atoms with Gasteiger partial charge in [-0.05, 0) is 18.7 Å². The van der Waals surface area contributed by atoms with E-state index in [0.717, 1.165) is 23.4 Å². The van der Waals surface area contributed by atoms with Gasteiger partial charge in [-0.2, -0.15) is 0 Å². The van der Waals surface area contributed by atoms with Crippen LogP contribution in [0.25, 0.3) is 11.2 Å². The fraction of sp³-hybridized carbons (Fsp3) is 0.333. The molecule has 2 aromatic rings. The first-order valence-electron chi connectivity index (χ1n) is 4.29. The van der Waals surface area contributed by atoms with E-state index in [0.29, 0.717) is 6.54 Å². The van der Waals surface area contributed by atoms with E-state index in [1.807, 2.05) is 23.7 Å². The Morgan fingerprint density at radius 1 is 1.54 bits per heavy atom.